The molecule has 1 aliphatic rings. The van der Waals surface area contributed by atoms with Crippen LogP contribution in [0.2, 0.25) is 0 Å². The number of hydrogen-bond donors (Lipinski definition) is 2. The first-order chi connectivity index (χ1) is 14.5. The number of aromatic nitrogens is 3. The fourth-order valence-electron chi connectivity index (χ4n) is 3.61. The van der Waals surface area contributed by atoms with Gasteiger partial charge in [0.15, 0.2) is 12.2 Å². The van der Waals surface area contributed by atoms with E-state index in [1.807, 2.05) is 0 Å². The Bertz CT molecular complexity index is 1060. The van der Waals surface area contributed by atoms with E-state index in [0.717, 1.165) is 12.2 Å². The number of likely N-dealkylation sites (tertiary alicyclic amines) is 1. The maximum absolute atomic E-state index is 13.2. The molecular weight excluding hydrogens is 389 g/mol. The third-order valence-corrected chi connectivity index (χ3v) is 5.15. The lowest BCUT2D eigenvalue weighted by molar-refractivity contribution is 0.1000. The second kappa shape index (κ2) is 8.34. The molecule has 1 aromatic carbocycles. The molecule has 0 aliphatic carbocycles. The summed E-state index contributed by atoms with van der Waals surface area (Å²) < 4.78 is 19.8. The topological polar surface area (TPSA) is 126 Å². The molecule has 154 valence electrons. The molecule has 1 amide bonds. The number of nitriles is 1. The standard InChI is InChI=1S/C20H20FN7O2/c21-14-1-3-15(4-2-14)25-20-17(19(23)29)9-28(26-20)18-10-27(6-5-13(18)7-22)8-16-11-30-12-24-16/h1-4,9,11-13,18H,5-6,8,10H2,(H2,23,29)(H,25,26)/t13-,18?/m0/s1. The Kier molecular flexibility index (Phi) is 5.45. The molecule has 10 heteroatoms. The Morgan fingerprint density at radius 3 is 2.87 bits per heavy atom. The van der Waals surface area contributed by atoms with Gasteiger partial charge in [0.05, 0.1) is 23.7 Å². The van der Waals surface area contributed by atoms with Gasteiger partial charge in [0.25, 0.3) is 5.91 Å². The van der Waals surface area contributed by atoms with Crippen molar-refractivity contribution in [2.45, 2.75) is 19.0 Å². The quantitative estimate of drug-likeness (QED) is 0.640. The van der Waals surface area contributed by atoms with Crippen LogP contribution >= 0.6 is 0 Å². The summed E-state index contributed by atoms with van der Waals surface area (Å²) in [5, 5.41) is 17.1. The maximum atomic E-state index is 13.2. The second-order valence-corrected chi connectivity index (χ2v) is 7.17. The van der Waals surface area contributed by atoms with Gasteiger partial charge in [-0.15, -0.1) is 0 Å². The minimum absolute atomic E-state index is 0.199. The van der Waals surface area contributed by atoms with E-state index in [0.29, 0.717) is 25.2 Å². The Labute approximate surface area is 171 Å². The predicted molar refractivity (Wildman–Crippen MR) is 105 cm³/mol. The number of nitrogens with zero attached hydrogens (tertiary/aromatic N) is 5. The third kappa shape index (κ3) is 4.16. The zero-order chi connectivity index (χ0) is 21.1. The summed E-state index contributed by atoms with van der Waals surface area (Å²) >= 11 is 0. The van der Waals surface area contributed by atoms with E-state index in [4.69, 9.17) is 10.2 Å². The van der Waals surface area contributed by atoms with Crippen LogP contribution in [-0.2, 0) is 6.54 Å². The van der Waals surface area contributed by atoms with Crippen molar-refractivity contribution >= 4 is 17.4 Å². The third-order valence-electron chi connectivity index (χ3n) is 5.15. The van der Waals surface area contributed by atoms with Crippen LogP contribution < -0.4 is 11.1 Å². The molecule has 2 aromatic heterocycles. The predicted octanol–water partition coefficient (Wildman–Crippen LogP) is 2.44. The van der Waals surface area contributed by atoms with Gasteiger partial charge in [0.1, 0.15) is 17.6 Å². The Morgan fingerprint density at radius 2 is 2.20 bits per heavy atom. The molecule has 1 unspecified atom stereocenters. The first-order valence-corrected chi connectivity index (χ1v) is 9.44. The molecule has 0 spiro atoms. The van der Waals surface area contributed by atoms with E-state index in [-0.39, 0.29) is 29.2 Å². The van der Waals surface area contributed by atoms with Crippen molar-refractivity contribution in [3.63, 3.8) is 0 Å². The number of benzene rings is 1. The van der Waals surface area contributed by atoms with Gasteiger partial charge in [-0.2, -0.15) is 10.4 Å². The minimum atomic E-state index is -0.644. The number of carbonyl (C=O) groups excluding carboxylic acids is 1. The summed E-state index contributed by atoms with van der Waals surface area (Å²) in [7, 11) is 0. The molecule has 2 atom stereocenters. The first-order valence-electron chi connectivity index (χ1n) is 9.44. The Balaban J connectivity index is 1.59. The van der Waals surface area contributed by atoms with E-state index < -0.39 is 5.91 Å². The number of hydrogen-bond acceptors (Lipinski definition) is 7. The molecule has 0 bridgehead atoms. The number of rotatable bonds is 6. The van der Waals surface area contributed by atoms with Crippen LogP contribution in [0.4, 0.5) is 15.9 Å². The van der Waals surface area contributed by atoms with Crippen molar-refractivity contribution < 1.29 is 13.6 Å². The molecule has 1 fully saturated rings. The minimum Gasteiger partial charge on any atom is -0.451 e. The SMILES string of the molecule is N#C[C@@H]1CCN(Cc2cocn2)CC1n1cc(C(N)=O)c(Nc2ccc(F)cc2)n1. The smallest absolute Gasteiger partial charge is 0.254 e. The highest BCUT2D eigenvalue weighted by molar-refractivity contribution is 5.98. The van der Waals surface area contributed by atoms with Crippen LogP contribution in [0, 0.1) is 23.1 Å². The van der Waals surface area contributed by atoms with Crippen molar-refractivity contribution in [3.05, 3.63) is 60.2 Å². The van der Waals surface area contributed by atoms with Crippen molar-refractivity contribution in [1.82, 2.24) is 19.7 Å². The zero-order valence-corrected chi connectivity index (χ0v) is 16.0. The molecule has 0 radical (unpaired) electrons. The van der Waals surface area contributed by atoms with Crippen LogP contribution in [0.3, 0.4) is 0 Å². The highest BCUT2D eigenvalue weighted by atomic mass is 19.1. The number of anilines is 2. The fourth-order valence-corrected chi connectivity index (χ4v) is 3.61. The molecule has 1 aliphatic heterocycles. The van der Waals surface area contributed by atoms with Gasteiger partial charge in [0, 0.05) is 25.0 Å². The van der Waals surface area contributed by atoms with Crippen LogP contribution in [0.1, 0.15) is 28.5 Å². The van der Waals surface area contributed by atoms with Crippen LogP contribution in [0.25, 0.3) is 0 Å². The van der Waals surface area contributed by atoms with E-state index in [1.54, 1.807) is 17.1 Å². The van der Waals surface area contributed by atoms with Crippen LogP contribution in [-0.4, -0.2) is 38.7 Å². The summed E-state index contributed by atoms with van der Waals surface area (Å²) in [4.78, 5) is 18.3. The van der Waals surface area contributed by atoms with Crippen molar-refractivity contribution in [2.24, 2.45) is 11.7 Å². The van der Waals surface area contributed by atoms with E-state index in [1.165, 1.54) is 30.7 Å². The summed E-state index contributed by atoms with van der Waals surface area (Å²) in [6.45, 7) is 1.89. The number of amides is 1. The molecule has 0 saturated carbocycles. The van der Waals surface area contributed by atoms with E-state index in [2.05, 4.69) is 26.4 Å². The van der Waals surface area contributed by atoms with E-state index >= 15 is 0 Å². The summed E-state index contributed by atoms with van der Waals surface area (Å²) in [6.07, 6.45) is 5.19. The van der Waals surface area contributed by atoms with Crippen molar-refractivity contribution in [1.29, 1.82) is 5.26 Å². The van der Waals surface area contributed by atoms with Gasteiger partial charge in [-0.3, -0.25) is 14.4 Å². The van der Waals surface area contributed by atoms with Crippen LogP contribution in [0.15, 0.2) is 47.5 Å². The summed E-state index contributed by atoms with van der Waals surface area (Å²) in [5.41, 5.74) is 7.11. The normalized spacial score (nSPS) is 19.3. The Hall–Kier alpha value is -3.71. The van der Waals surface area contributed by atoms with Crippen LogP contribution in [0.5, 0.6) is 0 Å². The van der Waals surface area contributed by atoms with Gasteiger partial charge in [-0.05, 0) is 37.2 Å². The van der Waals surface area contributed by atoms with Crippen molar-refractivity contribution in [3.8, 4) is 6.07 Å². The first kappa shape index (κ1) is 19.6. The zero-order valence-electron chi connectivity index (χ0n) is 16.0. The lowest BCUT2D eigenvalue weighted by atomic mass is 9.93. The number of nitrogens with two attached hydrogens (primary N) is 1. The number of oxazole rings is 1. The average molecular weight is 409 g/mol. The molecule has 1 saturated heterocycles. The molecule has 4 rings (SSSR count). The average Bonchev–Trinajstić information content (AvgIpc) is 3.40. The number of piperidine rings is 1. The largest absolute Gasteiger partial charge is 0.451 e. The number of nitrogens with one attached hydrogen (secondary N) is 1. The van der Waals surface area contributed by atoms with Crippen molar-refractivity contribution in [2.75, 3.05) is 18.4 Å². The molecule has 3 N–H and O–H groups in total. The number of carbonyl (C=O) groups is 1. The maximum Gasteiger partial charge on any atom is 0.254 e. The molecule has 9 nitrogen and oxygen atoms in total. The van der Waals surface area contributed by atoms with Gasteiger partial charge in [-0.25, -0.2) is 9.37 Å². The lowest BCUT2D eigenvalue weighted by Crippen LogP contribution is -2.41. The molecule has 30 heavy (non-hydrogen) atoms. The molecule has 3 heterocycles. The molecular formula is C20H20FN7O2. The fraction of sp³-hybridized carbons (Fsp3) is 0.300. The highest BCUT2D eigenvalue weighted by Crippen LogP contribution is 2.30. The van der Waals surface area contributed by atoms with Gasteiger partial charge >= 0.3 is 0 Å². The Morgan fingerprint density at radius 1 is 1.40 bits per heavy atom. The van der Waals surface area contributed by atoms with E-state index in [9.17, 15) is 14.4 Å². The van der Waals surface area contributed by atoms with Gasteiger partial charge in [-0.1, -0.05) is 0 Å². The molecule has 3 aromatic rings. The monoisotopic (exact) mass is 409 g/mol. The van der Waals surface area contributed by atoms with Gasteiger partial charge in [0.2, 0.25) is 0 Å². The number of halogens is 1. The van der Waals surface area contributed by atoms with Gasteiger partial charge < -0.3 is 15.5 Å². The summed E-state index contributed by atoms with van der Waals surface area (Å²) in [6, 6.07) is 7.76. The second-order valence-electron chi connectivity index (χ2n) is 7.17. The lowest BCUT2D eigenvalue weighted by Gasteiger charge is -2.35. The highest BCUT2D eigenvalue weighted by Gasteiger charge is 2.32. The summed E-state index contributed by atoms with van der Waals surface area (Å²) in [5.74, 6) is -1.01. The number of primary amides is 1.